The summed E-state index contributed by atoms with van der Waals surface area (Å²) >= 11 is 5.55. The van der Waals surface area contributed by atoms with Crippen LogP contribution in [0.4, 0.5) is 0 Å². The quantitative estimate of drug-likeness (QED) is 0.477. The van der Waals surface area contributed by atoms with E-state index in [0.717, 1.165) is 0 Å². The van der Waals surface area contributed by atoms with Gasteiger partial charge in [0.25, 0.3) is 5.56 Å². The zero-order valence-corrected chi connectivity index (χ0v) is 7.30. The Morgan fingerprint density at radius 2 is 2.50 bits per heavy atom. The van der Waals surface area contributed by atoms with Gasteiger partial charge in [0.15, 0.2) is 0 Å². The highest BCUT2D eigenvalue weighted by molar-refractivity contribution is 6.29. The van der Waals surface area contributed by atoms with E-state index in [1.807, 2.05) is 0 Å². The molecule has 4 heteroatoms. The number of aromatic nitrogens is 2. The molecule has 0 amide bonds. The molecule has 12 heavy (non-hydrogen) atoms. The summed E-state index contributed by atoms with van der Waals surface area (Å²) in [6.07, 6.45) is 5.07. The van der Waals surface area contributed by atoms with E-state index in [0.29, 0.717) is 5.82 Å². The summed E-state index contributed by atoms with van der Waals surface area (Å²) in [5.74, 6) is 2.90. The summed E-state index contributed by atoms with van der Waals surface area (Å²) in [6, 6.07) is 1.24. The Hall–Kier alpha value is -1.27. The van der Waals surface area contributed by atoms with E-state index >= 15 is 0 Å². The van der Waals surface area contributed by atoms with Gasteiger partial charge in [0.1, 0.15) is 11.0 Å². The molecule has 0 bridgehead atoms. The van der Waals surface area contributed by atoms with E-state index in [9.17, 15) is 4.79 Å². The van der Waals surface area contributed by atoms with E-state index in [1.165, 1.54) is 10.6 Å². The van der Waals surface area contributed by atoms with Gasteiger partial charge >= 0.3 is 0 Å². The first-order valence-electron chi connectivity index (χ1n) is 3.32. The molecule has 0 N–H and O–H groups in total. The minimum absolute atomic E-state index is 0.200. The highest BCUT2D eigenvalue weighted by atomic mass is 35.5. The van der Waals surface area contributed by atoms with Crippen LogP contribution in [0.25, 0.3) is 0 Å². The Bertz CT molecular complexity index is 389. The average Bonchev–Trinajstić information content (AvgIpc) is 1.96. The SMILES string of the molecule is C#CCn1c(C)nc(Cl)cc1=O. The van der Waals surface area contributed by atoms with Crippen LogP contribution in [0.3, 0.4) is 0 Å². The lowest BCUT2D eigenvalue weighted by molar-refractivity contribution is 0.728. The van der Waals surface area contributed by atoms with Crippen molar-refractivity contribution in [3.8, 4) is 12.3 Å². The highest BCUT2D eigenvalue weighted by Gasteiger charge is 2.00. The number of rotatable bonds is 1. The summed E-state index contributed by atoms with van der Waals surface area (Å²) in [4.78, 5) is 15.1. The van der Waals surface area contributed by atoms with Crippen molar-refractivity contribution in [3.05, 3.63) is 27.4 Å². The molecule has 0 aliphatic carbocycles. The van der Waals surface area contributed by atoms with Crippen LogP contribution >= 0.6 is 11.6 Å². The predicted octanol–water partition coefficient (Wildman–Crippen LogP) is 0.838. The van der Waals surface area contributed by atoms with Crippen molar-refractivity contribution in [2.75, 3.05) is 0 Å². The summed E-state index contributed by atoms with van der Waals surface area (Å²) in [6.45, 7) is 1.92. The molecule has 0 saturated heterocycles. The van der Waals surface area contributed by atoms with Gasteiger partial charge < -0.3 is 0 Å². The lowest BCUT2D eigenvalue weighted by Crippen LogP contribution is -2.22. The zero-order chi connectivity index (χ0) is 9.14. The van der Waals surface area contributed by atoms with Crippen LogP contribution in [0, 0.1) is 19.3 Å². The molecule has 3 nitrogen and oxygen atoms in total. The fraction of sp³-hybridized carbons (Fsp3) is 0.250. The van der Waals surface area contributed by atoms with Crippen LogP contribution in [0.15, 0.2) is 10.9 Å². The van der Waals surface area contributed by atoms with Gasteiger partial charge in [0.05, 0.1) is 6.54 Å². The lowest BCUT2D eigenvalue weighted by Gasteiger charge is -2.03. The van der Waals surface area contributed by atoms with E-state index in [2.05, 4.69) is 10.9 Å². The minimum Gasteiger partial charge on any atom is -0.285 e. The number of terminal acetylenes is 1. The van der Waals surface area contributed by atoms with Crippen LogP contribution in [0.5, 0.6) is 0 Å². The van der Waals surface area contributed by atoms with Crippen LogP contribution < -0.4 is 5.56 Å². The van der Waals surface area contributed by atoms with Crippen molar-refractivity contribution in [2.24, 2.45) is 0 Å². The van der Waals surface area contributed by atoms with Crippen molar-refractivity contribution in [3.63, 3.8) is 0 Å². The Labute approximate surface area is 75.0 Å². The number of halogens is 1. The summed E-state index contributed by atoms with van der Waals surface area (Å²) in [5.41, 5.74) is -0.217. The summed E-state index contributed by atoms with van der Waals surface area (Å²) in [5, 5.41) is 0.200. The summed E-state index contributed by atoms with van der Waals surface area (Å²) in [7, 11) is 0. The number of nitrogens with zero attached hydrogens (tertiary/aromatic N) is 2. The van der Waals surface area contributed by atoms with Crippen LogP contribution in [0.2, 0.25) is 5.15 Å². The Morgan fingerprint density at radius 3 is 3.00 bits per heavy atom. The zero-order valence-electron chi connectivity index (χ0n) is 6.54. The smallest absolute Gasteiger partial charge is 0.255 e. The van der Waals surface area contributed by atoms with Gasteiger partial charge in [-0.05, 0) is 6.92 Å². The van der Waals surface area contributed by atoms with E-state index in [4.69, 9.17) is 18.0 Å². The van der Waals surface area contributed by atoms with Gasteiger partial charge in [-0.1, -0.05) is 17.5 Å². The average molecular weight is 183 g/mol. The topological polar surface area (TPSA) is 34.9 Å². The third-order valence-electron chi connectivity index (χ3n) is 1.42. The lowest BCUT2D eigenvalue weighted by atomic mass is 10.5. The molecule has 0 spiro atoms. The van der Waals surface area contributed by atoms with Crippen LogP contribution in [-0.4, -0.2) is 9.55 Å². The molecule has 0 aliphatic rings. The van der Waals surface area contributed by atoms with E-state index in [1.54, 1.807) is 6.92 Å². The van der Waals surface area contributed by atoms with Gasteiger partial charge in [-0.3, -0.25) is 9.36 Å². The van der Waals surface area contributed by atoms with Gasteiger partial charge in [0, 0.05) is 6.07 Å². The van der Waals surface area contributed by atoms with Crippen molar-refractivity contribution >= 4 is 11.6 Å². The molecular formula is C8H7ClN2O. The van der Waals surface area contributed by atoms with Crippen molar-refractivity contribution < 1.29 is 0 Å². The van der Waals surface area contributed by atoms with Crippen molar-refractivity contribution in [1.29, 1.82) is 0 Å². The monoisotopic (exact) mass is 182 g/mol. The molecule has 0 radical (unpaired) electrons. The second-order valence-corrected chi connectivity index (χ2v) is 2.64. The van der Waals surface area contributed by atoms with Crippen LogP contribution in [0.1, 0.15) is 5.82 Å². The van der Waals surface area contributed by atoms with Crippen LogP contribution in [-0.2, 0) is 6.54 Å². The van der Waals surface area contributed by atoms with Crippen molar-refractivity contribution in [1.82, 2.24) is 9.55 Å². The molecular weight excluding hydrogens is 176 g/mol. The number of hydrogen-bond donors (Lipinski definition) is 0. The fourth-order valence-corrected chi connectivity index (χ4v) is 1.09. The van der Waals surface area contributed by atoms with E-state index < -0.39 is 0 Å². The first kappa shape index (κ1) is 8.82. The first-order chi connectivity index (χ1) is 5.65. The number of aryl methyl sites for hydroxylation is 1. The largest absolute Gasteiger partial charge is 0.285 e. The summed E-state index contributed by atoms with van der Waals surface area (Å²) < 4.78 is 1.38. The Balaban J connectivity index is 3.31. The third-order valence-corrected chi connectivity index (χ3v) is 1.61. The second-order valence-electron chi connectivity index (χ2n) is 2.25. The molecule has 1 heterocycles. The Kier molecular flexibility index (Phi) is 2.51. The molecule has 0 saturated carbocycles. The standard InChI is InChI=1S/C8H7ClN2O/c1-3-4-11-6(2)10-7(9)5-8(11)12/h1,5H,4H2,2H3. The molecule has 0 atom stereocenters. The second kappa shape index (κ2) is 3.42. The number of hydrogen-bond acceptors (Lipinski definition) is 2. The molecule has 0 aromatic carbocycles. The molecule has 0 unspecified atom stereocenters. The molecule has 1 rings (SSSR count). The van der Waals surface area contributed by atoms with Gasteiger partial charge in [-0.15, -0.1) is 6.42 Å². The maximum Gasteiger partial charge on any atom is 0.255 e. The molecule has 62 valence electrons. The molecule has 1 aromatic heterocycles. The molecule has 0 fully saturated rings. The Morgan fingerprint density at radius 1 is 1.83 bits per heavy atom. The molecule has 0 aliphatic heterocycles. The maximum atomic E-state index is 11.2. The van der Waals surface area contributed by atoms with Gasteiger partial charge in [-0.2, -0.15) is 0 Å². The first-order valence-corrected chi connectivity index (χ1v) is 3.70. The minimum atomic E-state index is -0.217. The fourth-order valence-electron chi connectivity index (χ4n) is 0.870. The highest BCUT2D eigenvalue weighted by Crippen LogP contribution is 2.00. The third kappa shape index (κ3) is 1.66. The van der Waals surface area contributed by atoms with Gasteiger partial charge in [-0.25, -0.2) is 4.98 Å². The molecule has 1 aromatic rings. The predicted molar refractivity (Wildman–Crippen MR) is 47.1 cm³/mol. The van der Waals surface area contributed by atoms with Gasteiger partial charge in [0.2, 0.25) is 0 Å². The van der Waals surface area contributed by atoms with Crippen molar-refractivity contribution in [2.45, 2.75) is 13.5 Å². The maximum absolute atomic E-state index is 11.2. The van der Waals surface area contributed by atoms with E-state index in [-0.39, 0.29) is 17.3 Å². The normalized spacial score (nSPS) is 9.42.